The summed E-state index contributed by atoms with van der Waals surface area (Å²) in [5.74, 6) is -1.03. The van der Waals surface area contributed by atoms with Crippen molar-refractivity contribution in [2.45, 2.75) is 26.3 Å². The molecule has 35 heavy (non-hydrogen) atoms. The summed E-state index contributed by atoms with van der Waals surface area (Å²) in [6.45, 7) is 3.46. The lowest BCUT2D eigenvalue weighted by molar-refractivity contribution is -0.384. The van der Waals surface area contributed by atoms with Crippen molar-refractivity contribution in [2.75, 3.05) is 24.6 Å². The minimum Gasteiger partial charge on any atom is -0.463 e. The lowest BCUT2D eigenvalue weighted by Crippen LogP contribution is -2.32. The molecule has 10 heteroatoms. The van der Waals surface area contributed by atoms with E-state index in [1.54, 1.807) is 37.3 Å². The zero-order chi connectivity index (χ0) is 24.9. The van der Waals surface area contributed by atoms with E-state index in [4.69, 9.17) is 4.74 Å². The molecule has 182 valence electrons. The standard InChI is InChI=1S/C25H24FN3O5S/c1-2-34-24(30)15-23-28(16-18-6-5-7-19(26)12-18)25(31)22(35-23)14-17-8-9-20(21(13-17)29(32)33)27-10-3-4-11-27/h5-9,12-15H,2-4,10-11,16H2,1H3. The van der Waals surface area contributed by atoms with Crippen molar-refractivity contribution in [1.82, 2.24) is 4.57 Å². The first-order chi connectivity index (χ1) is 16.9. The summed E-state index contributed by atoms with van der Waals surface area (Å²) in [6.07, 6.45) is 4.78. The number of aromatic nitrogens is 1. The van der Waals surface area contributed by atoms with Crippen LogP contribution in [0.25, 0.3) is 12.2 Å². The van der Waals surface area contributed by atoms with Gasteiger partial charge in [-0.2, -0.15) is 0 Å². The first-order valence-electron chi connectivity index (χ1n) is 11.2. The zero-order valence-corrected chi connectivity index (χ0v) is 19.9. The van der Waals surface area contributed by atoms with Gasteiger partial charge in [-0.15, -0.1) is 11.3 Å². The first-order valence-corrected chi connectivity index (χ1v) is 12.0. The topological polar surface area (TPSA) is 94.7 Å². The maximum atomic E-state index is 13.7. The number of nitrogens with zero attached hydrogens (tertiary/aromatic N) is 3. The highest BCUT2D eigenvalue weighted by Gasteiger charge is 2.22. The Kier molecular flexibility index (Phi) is 7.40. The molecule has 0 atom stereocenters. The Morgan fingerprint density at radius 3 is 2.69 bits per heavy atom. The SMILES string of the molecule is CCOC(=O)C=c1sc(=Cc2ccc(N3CCCC3)c([N+](=O)[O-])c2)c(=O)n1Cc1cccc(F)c1. The second kappa shape index (κ2) is 10.6. The molecule has 8 nitrogen and oxygen atoms in total. The van der Waals surface area contributed by atoms with Crippen molar-refractivity contribution in [3.8, 4) is 0 Å². The fourth-order valence-electron chi connectivity index (χ4n) is 4.05. The second-order valence-corrected chi connectivity index (χ2v) is 9.13. The molecule has 0 radical (unpaired) electrons. The van der Waals surface area contributed by atoms with Gasteiger partial charge < -0.3 is 9.64 Å². The number of halogens is 1. The van der Waals surface area contributed by atoms with Gasteiger partial charge in [-0.05, 0) is 55.2 Å². The average molecular weight is 498 g/mol. The molecule has 1 saturated heterocycles. The molecule has 3 aromatic rings. The number of rotatable bonds is 7. The van der Waals surface area contributed by atoms with Crippen LogP contribution in [0.4, 0.5) is 15.8 Å². The third-order valence-corrected chi connectivity index (χ3v) is 6.69. The quantitative estimate of drug-likeness (QED) is 0.283. The molecule has 0 aliphatic carbocycles. The van der Waals surface area contributed by atoms with Gasteiger partial charge in [0.1, 0.15) is 16.2 Å². The Hall–Kier alpha value is -3.79. The van der Waals surface area contributed by atoms with E-state index < -0.39 is 16.7 Å². The van der Waals surface area contributed by atoms with Crippen molar-refractivity contribution in [1.29, 1.82) is 0 Å². The second-order valence-electron chi connectivity index (χ2n) is 8.07. The van der Waals surface area contributed by atoms with Crippen LogP contribution in [0, 0.1) is 15.9 Å². The minimum atomic E-state index is -0.598. The van der Waals surface area contributed by atoms with Crippen molar-refractivity contribution in [3.63, 3.8) is 0 Å². The molecular formula is C25H24FN3O5S. The highest BCUT2D eigenvalue weighted by atomic mass is 32.1. The number of nitro groups is 1. The van der Waals surface area contributed by atoms with E-state index in [2.05, 4.69) is 0 Å². The van der Waals surface area contributed by atoms with Crippen LogP contribution in [0.2, 0.25) is 0 Å². The molecule has 0 saturated carbocycles. The smallest absolute Gasteiger partial charge is 0.333 e. The molecule has 1 fully saturated rings. The Balaban J connectivity index is 1.81. The van der Waals surface area contributed by atoms with Gasteiger partial charge in [0.05, 0.1) is 28.7 Å². The predicted molar refractivity (Wildman–Crippen MR) is 133 cm³/mol. The summed E-state index contributed by atoms with van der Waals surface area (Å²) >= 11 is 1.07. The number of carbonyl (C=O) groups excluding carboxylic acids is 1. The number of carbonyl (C=O) groups is 1. The van der Waals surface area contributed by atoms with Gasteiger partial charge in [-0.1, -0.05) is 18.2 Å². The maximum Gasteiger partial charge on any atom is 0.333 e. The number of hydrogen-bond donors (Lipinski definition) is 0. The lowest BCUT2D eigenvalue weighted by Gasteiger charge is -2.17. The van der Waals surface area contributed by atoms with Crippen LogP contribution in [0.3, 0.4) is 0 Å². The van der Waals surface area contributed by atoms with Crippen molar-refractivity contribution >= 4 is 40.8 Å². The van der Waals surface area contributed by atoms with Gasteiger partial charge in [0.25, 0.3) is 11.2 Å². The van der Waals surface area contributed by atoms with Gasteiger partial charge in [0, 0.05) is 19.2 Å². The Morgan fingerprint density at radius 1 is 1.23 bits per heavy atom. The summed E-state index contributed by atoms with van der Waals surface area (Å²) in [4.78, 5) is 38.7. The number of anilines is 1. The van der Waals surface area contributed by atoms with Crippen LogP contribution >= 0.6 is 11.3 Å². The Morgan fingerprint density at radius 2 is 2.00 bits per heavy atom. The number of hydrogen-bond acceptors (Lipinski definition) is 7. The van der Waals surface area contributed by atoms with E-state index in [-0.39, 0.29) is 24.4 Å². The number of esters is 1. The number of nitro benzene ring substituents is 1. The van der Waals surface area contributed by atoms with Crippen LogP contribution in [0.1, 0.15) is 30.9 Å². The summed E-state index contributed by atoms with van der Waals surface area (Å²) in [5.41, 5.74) is 1.21. The molecule has 4 rings (SSSR count). The maximum absolute atomic E-state index is 13.7. The van der Waals surface area contributed by atoms with E-state index >= 15 is 0 Å². The molecule has 1 aliphatic rings. The predicted octanol–water partition coefficient (Wildman–Crippen LogP) is 2.78. The number of benzene rings is 2. The van der Waals surface area contributed by atoms with E-state index in [1.807, 2.05) is 4.90 Å². The van der Waals surface area contributed by atoms with Crippen molar-refractivity contribution < 1.29 is 18.8 Å². The fraction of sp³-hybridized carbons (Fsp3) is 0.280. The Labute approximate surface area is 204 Å². The average Bonchev–Trinajstić information content (AvgIpc) is 3.44. The van der Waals surface area contributed by atoms with Gasteiger partial charge in [0.2, 0.25) is 0 Å². The fourth-order valence-corrected chi connectivity index (χ4v) is 5.08. The lowest BCUT2D eigenvalue weighted by atomic mass is 10.1. The normalized spacial score (nSPS) is 14.5. The summed E-state index contributed by atoms with van der Waals surface area (Å²) in [6, 6.07) is 10.8. The van der Waals surface area contributed by atoms with Crippen molar-refractivity contribution in [3.05, 3.63) is 89.1 Å². The molecular weight excluding hydrogens is 473 g/mol. The third kappa shape index (κ3) is 5.65. The molecule has 1 aromatic heterocycles. The molecule has 0 spiro atoms. The summed E-state index contributed by atoms with van der Waals surface area (Å²) in [5, 5.41) is 11.7. The van der Waals surface area contributed by atoms with Gasteiger partial charge in [-0.3, -0.25) is 19.5 Å². The van der Waals surface area contributed by atoms with Gasteiger partial charge in [-0.25, -0.2) is 9.18 Å². The van der Waals surface area contributed by atoms with Crippen LogP contribution in [0.15, 0.2) is 47.3 Å². The monoisotopic (exact) mass is 497 g/mol. The summed E-state index contributed by atoms with van der Waals surface area (Å²) < 4.78 is 20.7. The van der Waals surface area contributed by atoms with E-state index in [0.29, 0.717) is 26.0 Å². The molecule has 0 N–H and O–H groups in total. The van der Waals surface area contributed by atoms with Gasteiger partial charge in [0.15, 0.2) is 0 Å². The molecule has 0 unspecified atom stereocenters. The highest BCUT2D eigenvalue weighted by molar-refractivity contribution is 7.07. The van der Waals surface area contributed by atoms with Crippen LogP contribution in [0.5, 0.6) is 0 Å². The highest BCUT2D eigenvalue weighted by Crippen LogP contribution is 2.31. The zero-order valence-electron chi connectivity index (χ0n) is 19.1. The Bertz CT molecular complexity index is 1440. The van der Waals surface area contributed by atoms with Crippen molar-refractivity contribution in [2.24, 2.45) is 0 Å². The van der Waals surface area contributed by atoms with E-state index in [1.165, 1.54) is 28.8 Å². The number of thiazole rings is 1. The van der Waals surface area contributed by atoms with Crippen LogP contribution < -0.4 is 19.7 Å². The first kappa shape index (κ1) is 24.3. The molecule has 0 amide bonds. The molecule has 2 aromatic carbocycles. The van der Waals surface area contributed by atoms with Gasteiger partial charge >= 0.3 is 5.97 Å². The minimum absolute atomic E-state index is 0.0180. The van der Waals surface area contributed by atoms with E-state index in [9.17, 15) is 24.1 Å². The van der Waals surface area contributed by atoms with Crippen LogP contribution in [-0.4, -0.2) is 35.2 Å². The molecule has 1 aliphatic heterocycles. The molecule has 0 bridgehead atoms. The largest absolute Gasteiger partial charge is 0.463 e. The third-order valence-electron chi connectivity index (χ3n) is 5.63. The number of ether oxygens (including phenoxy) is 1. The summed E-state index contributed by atoms with van der Waals surface area (Å²) in [7, 11) is 0. The molecule has 2 heterocycles. The van der Waals surface area contributed by atoms with Crippen LogP contribution in [-0.2, 0) is 16.1 Å². The van der Waals surface area contributed by atoms with E-state index in [0.717, 1.165) is 37.3 Å².